The van der Waals surface area contributed by atoms with Crippen LogP contribution in [-0.2, 0) is 54.4 Å². The van der Waals surface area contributed by atoms with Crippen molar-refractivity contribution in [1.82, 2.24) is 47.9 Å². The monoisotopic (exact) mass is 1240 g/mol. The molecule has 0 aliphatic rings. The SMILES string of the molecule is CC(C)C[C@H](NC(=O)CNC(=O)[C@H](CCCN=C(N)N)NC(=O)[C@H](CCCCN)NC(=O)[C@@H](NC(=O)[C@H](CCCN=C(N)N)NC(=O)c1ccccc1N)C(C)C)C(=O)N[C@@H](C)C(=O)N[C@@H](Cc1ccc(O)c([N+](=O)[O-])c1)C(=O)N[C@@H](CC(=O)O)C(=O)O. The number of carboxylic acids is 2. The Morgan fingerprint density at radius 3 is 1.67 bits per heavy atom. The Bertz CT molecular complexity index is 2840. The van der Waals surface area contributed by atoms with Gasteiger partial charge in [-0.15, -0.1) is 0 Å². The molecule has 34 nitrogen and oxygen atoms in total. The molecule has 0 radical (unpaired) electrons. The summed E-state index contributed by atoms with van der Waals surface area (Å²) in [6.45, 7) is 7.43. The summed E-state index contributed by atoms with van der Waals surface area (Å²) in [4.78, 5) is 166. The Morgan fingerprint density at radius 2 is 1.12 bits per heavy atom. The van der Waals surface area contributed by atoms with Crippen molar-refractivity contribution >= 4 is 88.4 Å². The van der Waals surface area contributed by atoms with Crippen molar-refractivity contribution in [3.05, 3.63) is 63.7 Å². The van der Waals surface area contributed by atoms with E-state index in [4.69, 9.17) is 34.4 Å². The average molecular weight is 1240 g/mol. The number of para-hydroxylation sites is 1. The molecule has 8 atom stereocenters. The number of hydrogen-bond acceptors (Lipinski definition) is 18. The highest BCUT2D eigenvalue weighted by atomic mass is 16.6. The molecular weight excluding hydrogens is 1160 g/mol. The number of nitrogen functional groups attached to an aromatic ring is 1. The van der Waals surface area contributed by atoms with Gasteiger partial charge in [0.2, 0.25) is 47.3 Å². The van der Waals surface area contributed by atoms with Crippen molar-refractivity contribution in [2.24, 2.45) is 50.5 Å². The standard InChI is InChI=1S/C54H84N18O16/c1-27(2)22-36(49(82)64-29(5)44(77)69-37(50(83)70-38(52(85)86)25-42(75)76)23-30-17-18-40(73)39(24-30)72(87)88)65-41(74)26-63-46(79)33(15-10-20-61-53(57)58)67-47(80)34(14-8-9-19-55)68-51(84)43(28(3)4)71-48(81)35(16-11-21-62-54(59)60)66-45(78)31-12-6-7-13-32(31)56/h6-7,12-13,17-18,24,27-29,33-38,43,73H,8-11,14-16,19-23,25-26,55-56H2,1-5H3,(H,63,79)(H,64,82)(H,65,74)(H,66,78)(H,67,80)(H,68,84)(H,69,77)(H,70,83)(H,71,81)(H,75,76)(H,85,86)(H4,57,58,61)(H4,59,60,62)/t29-,33-,34-,35-,36-,37-,38-,43-/m0/s1. The molecule has 2 aromatic carbocycles. The molecule has 0 saturated heterocycles. The molecule has 0 heterocycles. The maximum atomic E-state index is 14.2. The summed E-state index contributed by atoms with van der Waals surface area (Å²) >= 11 is 0. The number of carbonyl (C=O) groups excluding carboxylic acids is 9. The van der Waals surface area contributed by atoms with Gasteiger partial charge in [0.15, 0.2) is 17.7 Å². The minimum atomic E-state index is -1.98. The smallest absolute Gasteiger partial charge is 0.326 e. The summed E-state index contributed by atoms with van der Waals surface area (Å²) in [5.74, 6) is -13.5. The topological polar surface area (TPSA) is 581 Å². The maximum Gasteiger partial charge on any atom is 0.326 e. The number of guanidine groups is 2. The van der Waals surface area contributed by atoms with Gasteiger partial charge in [-0.2, -0.15) is 0 Å². The van der Waals surface area contributed by atoms with E-state index in [-0.39, 0.29) is 92.8 Å². The van der Waals surface area contributed by atoms with Gasteiger partial charge < -0.3 is 97.6 Å². The second kappa shape index (κ2) is 37.5. The zero-order valence-corrected chi connectivity index (χ0v) is 49.7. The van der Waals surface area contributed by atoms with Crippen LogP contribution in [0.4, 0.5) is 11.4 Å². The van der Waals surface area contributed by atoms with E-state index < -0.39 is 155 Å². The highest BCUT2D eigenvalue weighted by Crippen LogP contribution is 2.27. The zero-order chi connectivity index (χ0) is 66.4. The molecule has 88 heavy (non-hydrogen) atoms. The van der Waals surface area contributed by atoms with Gasteiger partial charge in [-0.25, -0.2) is 4.79 Å². The van der Waals surface area contributed by atoms with Gasteiger partial charge in [0, 0.05) is 31.3 Å². The molecule has 9 amide bonds. The molecule has 0 aromatic heterocycles. The van der Waals surface area contributed by atoms with E-state index in [1.54, 1.807) is 39.8 Å². The third-order valence-electron chi connectivity index (χ3n) is 13.0. The van der Waals surface area contributed by atoms with Crippen LogP contribution >= 0.6 is 0 Å². The summed E-state index contributed by atoms with van der Waals surface area (Å²) in [5.41, 5.74) is 33.2. The van der Waals surface area contributed by atoms with Gasteiger partial charge in [-0.1, -0.05) is 45.9 Å². The van der Waals surface area contributed by atoms with E-state index in [1.165, 1.54) is 25.1 Å². The Hall–Kier alpha value is -9.89. The first-order valence-corrected chi connectivity index (χ1v) is 28.1. The number of unbranched alkanes of at least 4 members (excludes halogenated alkanes) is 1. The van der Waals surface area contributed by atoms with E-state index in [1.807, 2.05) is 5.32 Å². The quantitative estimate of drug-likeness (QED) is 0.00763. The predicted molar refractivity (Wildman–Crippen MR) is 320 cm³/mol. The fourth-order valence-electron chi connectivity index (χ4n) is 8.42. The number of benzene rings is 2. The van der Waals surface area contributed by atoms with Gasteiger partial charge in [-0.05, 0) is 100 Å². The number of phenolic OH excluding ortho intramolecular Hbond substituents is 1. The number of aliphatic imine (C=N–C) groups is 2. The summed E-state index contributed by atoms with van der Waals surface area (Å²) in [6.07, 6.45) is -0.689. The van der Waals surface area contributed by atoms with E-state index in [2.05, 4.69) is 52.5 Å². The van der Waals surface area contributed by atoms with Crippen LogP contribution in [0.2, 0.25) is 0 Å². The Balaban J connectivity index is 2.35. The number of nitrogens with one attached hydrogen (secondary N) is 9. The minimum absolute atomic E-state index is 0.000842. The van der Waals surface area contributed by atoms with Crippen LogP contribution in [0, 0.1) is 22.0 Å². The number of nitro benzene ring substituents is 1. The van der Waals surface area contributed by atoms with Gasteiger partial charge in [-0.3, -0.25) is 68.0 Å². The number of carboxylic acid groups (broad SMARTS) is 2. The van der Waals surface area contributed by atoms with Gasteiger partial charge in [0.05, 0.1) is 23.5 Å². The molecule has 0 unspecified atom stereocenters. The normalized spacial score (nSPS) is 13.6. The third kappa shape index (κ3) is 27.0. The van der Waals surface area contributed by atoms with Crippen LogP contribution in [0.3, 0.4) is 0 Å². The van der Waals surface area contributed by atoms with E-state index >= 15 is 0 Å². The summed E-state index contributed by atoms with van der Waals surface area (Å²) < 4.78 is 0. The molecular formula is C54H84N18O16. The second-order valence-corrected chi connectivity index (χ2v) is 21.2. The van der Waals surface area contributed by atoms with Crippen molar-refractivity contribution < 1.29 is 73.0 Å². The second-order valence-electron chi connectivity index (χ2n) is 21.2. The Morgan fingerprint density at radius 1 is 0.602 bits per heavy atom. The van der Waals surface area contributed by atoms with E-state index in [9.17, 15) is 78.2 Å². The van der Waals surface area contributed by atoms with Crippen molar-refractivity contribution in [1.29, 1.82) is 0 Å². The molecule has 2 rings (SSSR count). The van der Waals surface area contributed by atoms with Gasteiger partial charge >= 0.3 is 17.6 Å². The summed E-state index contributed by atoms with van der Waals surface area (Å²) in [6, 6.07) is -2.66. The van der Waals surface area contributed by atoms with Crippen molar-refractivity contribution in [2.75, 3.05) is 31.9 Å². The highest BCUT2D eigenvalue weighted by Gasteiger charge is 2.35. The molecule has 0 spiro atoms. The first-order chi connectivity index (χ1) is 41.3. The third-order valence-corrected chi connectivity index (χ3v) is 13.0. The number of carbonyl (C=O) groups is 11. The van der Waals surface area contributed by atoms with E-state index in [0.717, 1.165) is 12.1 Å². The number of anilines is 1. The minimum Gasteiger partial charge on any atom is -0.502 e. The number of phenols is 1. The fourth-order valence-corrected chi connectivity index (χ4v) is 8.42. The fraction of sp³-hybridized carbons (Fsp3) is 0.537. The van der Waals surface area contributed by atoms with Crippen molar-refractivity contribution in [3.63, 3.8) is 0 Å². The van der Waals surface area contributed by atoms with Crippen LogP contribution in [-0.4, -0.2) is 172 Å². The zero-order valence-electron chi connectivity index (χ0n) is 49.7. The summed E-state index contributed by atoms with van der Waals surface area (Å²) in [5, 5.41) is 62.5. The number of hydrogen-bond donors (Lipinski definition) is 18. The number of nitrogens with zero attached hydrogens (tertiary/aromatic N) is 3. The lowest BCUT2D eigenvalue weighted by atomic mass is 10.00. The number of nitrogens with two attached hydrogens (primary N) is 6. The maximum absolute atomic E-state index is 14.2. The lowest BCUT2D eigenvalue weighted by molar-refractivity contribution is -0.385. The molecule has 0 fully saturated rings. The average Bonchev–Trinajstić information content (AvgIpc) is 3.65. The van der Waals surface area contributed by atoms with Crippen LogP contribution < -0.4 is 82.3 Å². The molecule has 24 N–H and O–H groups in total. The lowest BCUT2D eigenvalue weighted by Gasteiger charge is -2.28. The largest absolute Gasteiger partial charge is 0.502 e. The van der Waals surface area contributed by atoms with Crippen LogP contribution in [0.15, 0.2) is 52.4 Å². The Kier molecular flexibility index (Phi) is 31.6. The lowest BCUT2D eigenvalue weighted by Crippen LogP contribution is -2.59. The van der Waals surface area contributed by atoms with Crippen LogP contribution in [0.1, 0.15) is 108 Å². The first kappa shape index (κ1) is 74.2. The number of amides is 9. The number of aromatic hydroxyl groups is 1. The van der Waals surface area contributed by atoms with Crippen molar-refractivity contribution in [2.45, 2.75) is 147 Å². The molecule has 0 bridgehead atoms. The van der Waals surface area contributed by atoms with Crippen LogP contribution in [0.5, 0.6) is 5.75 Å². The highest BCUT2D eigenvalue weighted by molar-refractivity contribution is 6.02. The molecule has 0 aliphatic carbocycles. The van der Waals surface area contributed by atoms with Crippen molar-refractivity contribution in [3.8, 4) is 5.75 Å². The molecule has 34 heteroatoms. The number of rotatable bonds is 39. The number of aliphatic carboxylic acids is 2. The molecule has 486 valence electrons. The summed E-state index contributed by atoms with van der Waals surface area (Å²) in [7, 11) is 0. The van der Waals surface area contributed by atoms with Gasteiger partial charge in [0.1, 0.15) is 48.3 Å². The van der Waals surface area contributed by atoms with E-state index in [0.29, 0.717) is 12.8 Å². The first-order valence-electron chi connectivity index (χ1n) is 28.1. The number of nitro groups is 1. The molecule has 0 aliphatic heterocycles. The predicted octanol–water partition coefficient (Wildman–Crippen LogP) is -3.75. The molecule has 0 saturated carbocycles. The van der Waals surface area contributed by atoms with Gasteiger partial charge in [0.25, 0.3) is 5.91 Å². The molecule has 2 aromatic rings. The van der Waals surface area contributed by atoms with Crippen LogP contribution in [0.25, 0.3) is 0 Å². The Labute approximate surface area is 506 Å².